The topological polar surface area (TPSA) is 15.3 Å². The summed E-state index contributed by atoms with van der Waals surface area (Å²) in [7, 11) is 2.14. The number of nitrogens with one attached hydrogen (secondary N) is 1. The number of halogens is 1. The highest BCUT2D eigenvalue weighted by Gasteiger charge is 2.11. The summed E-state index contributed by atoms with van der Waals surface area (Å²) >= 11 is 6.06. The minimum Gasteiger partial charge on any atom is -0.384 e. The maximum atomic E-state index is 6.06. The third-order valence-corrected chi connectivity index (χ3v) is 4.04. The van der Waals surface area contributed by atoms with Gasteiger partial charge in [-0.3, -0.25) is 4.90 Å². The Bertz CT molecular complexity index is 583. The normalized spacial score (nSPS) is 12.4. The summed E-state index contributed by atoms with van der Waals surface area (Å²) in [6, 6.07) is 16.9. The molecule has 2 rings (SSSR count). The van der Waals surface area contributed by atoms with Crippen molar-refractivity contribution in [2.24, 2.45) is 0 Å². The third kappa shape index (κ3) is 4.76. The van der Waals surface area contributed by atoms with Crippen LogP contribution < -0.4 is 5.32 Å². The van der Waals surface area contributed by atoms with Crippen LogP contribution in [-0.2, 0) is 0 Å². The van der Waals surface area contributed by atoms with Crippen LogP contribution in [0.3, 0.4) is 0 Å². The lowest BCUT2D eigenvalue weighted by Gasteiger charge is -2.25. The molecule has 0 fully saturated rings. The van der Waals surface area contributed by atoms with Crippen molar-refractivity contribution in [2.75, 3.05) is 25.5 Å². The summed E-state index contributed by atoms with van der Waals surface area (Å²) in [4.78, 5) is 2.33. The summed E-state index contributed by atoms with van der Waals surface area (Å²) in [5, 5.41) is 4.26. The molecular formula is C18H23ClN2. The van der Waals surface area contributed by atoms with Gasteiger partial charge in [-0.05, 0) is 56.3 Å². The lowest BCUT2D eigenvalue weighted by atomic mass is 10.1. The highest BCUT2D eigenvalue weighted by molar-refractivity contribution is 6.30. The van der Waals surface area contributed by atoms with E-state index in [4.69, 9.17) is 11.6 Å². The van der Waals surface area contributed by atoms with Crippen molar-refractivity contribution in [1.82, 2.24) is 4.90 Å². The quantitative estimate of drug-likeness (QED) is 0.828. The smallest absolute Gasteiger partial charge is 0.0409 e. The Morgan fingerprint density at radius 1 is 1.14 bits per heavy atom. The molecule has 2 aromatic carbocycles. The van der Waals surface area contributed by atoms with Gasteiger partial charge in [0.05, 0.1) is 0 Å². The van der Waals surface area contributed by atoms with Crippen molar-refractivity contribution in [3.63, 3.8) is 0 Å². The van der Waals surface area contributed by atoms with Gasteiger partial charge in [0.1, 0.15) is 0 Å². The lowest BCUT2D eigenvalue weighted by molar-refractivity contribution is 0.271. The Labute approximate surface area is 132 Å². The maximum absolute atomic E-state index is 6.06. The highest BCUT2D eigenvalue weighted by Crippen LogP contribution is 2.21. The molecule has 2 aromatic rings. The Hall–Kier alpha value is -1.51. The zero-order chi connectivity index (χ0) is 15.2. The molecule has 0 saturated heterocycles. The minimum atomic E-state index is 0.350. The fourth-order valence-electron chi connectivity index (χ4n) is 2.35. The van der Waals surface area contributed by atoms with E-state index in [0.29, 0.717) is 6.04 Å². The first-order chi connectivity index (χ1) is 10.1. The van der Waals surface area contributed by atoms with E-state index < -0.39 is 0 Å². The van der Waals surface area contributed by atoms with Gasteiger partial charge >= 0.3 is 0 Å². The predicted octanol–water partition coefficient (Wildman–Crippen LogP) is 4.75. The fraction of sp³-hybridized carbons (Fsp3) is 0.333. The summed E-state index contributed by atoms with van der Waals surface area (Å²) < 4.78 is 0. The van der Waals surface area contributed by atoms with Crippen molar-refractivity contribution < 1.29 is 0 Å². The van der Waals surface area contributed by atoms with Gasteiger partial charge in [-0.25, -0.2) is 0 Å². The molecule has 1 unspecified atom stereocenters. The molecule has 0 aromatic heterocycles. The first-order valence-corrected chi connectivity index (χ1v) is 7.70. The van der Waals surface area contributed by atoms with Crippen molar-refractivity contribution >= 4 is 17.3 Å². The van der Waals surface area contributed by atoms with Crippen molar-refractivity contribution in [3.8, 4) is 0 Å². The second-order valence-electron chi connectivity index (χ2n) is 5.51. The second kappa shape index (κ2) is 7.48. The SMILES string of the molecule is Cc1cccc(NCCN(C)C(C)c2cccc(Cl)c2)c1. The van der Waals surface area contributed by atoms with Gasteiger partial charge in [0.2, 0.25) is 0 Å². The molecule has 0 radical (unpaired) electrons. The molecule has 0 spiro atoms. The van der Waals surface area contributed by atoms with E-state index in [1.54, 1.807) is 0 Å². The largest absolute Gasteiger partial charge is 0.384 e. The van der Waals surface area contributed by atoms with E-state index in [1.165, 1.54) is 16.8 Å². The van der Waals surface area contributed by atoms with Crippen molar-refractivity contribution in [3.05, 3.63) is 64.7 Å². The van der Waals surface area contributed by atoms with Crippen molar-refractivity contribution in [2.45, 2.75) is 19.9 Å². The zero-order valence-corrected chi connectivity index (χ0v) is 13.7. The zero-order valence-electron chi connectivity index (χ0n) is 12.9. The maximum Gasteiger partial charge on any atom is 0.0409 e. The molecule has 3 heteroatoms. The van der Waals surface area contributed by atoms with Crippen LogP contribution in [0.2, 0.25) is 5.02 Å². The molecule has 0 amide bonds. The average Bonchev–Trinajstić information content (AvgIpc) is 2.46. The first kappa shape index (κ1) is 15.9. The fourth-order valence-corrected chi connectivity index (χ4v) is 2.54. The van der Waals surface area contributed by atoms with Gasteiger partial charge in [-0.1, -0.05) is 35.9 Å². The molecule has 0 aliphatic heterocycles. The first-order valence-electron chi connectivity index (χ1n) is 7.32. The van der Waals surface area contributed by atoms with Gasteiger partial charge in [0.15, 0.2) is 0 Å². The van der Waals surface area contributed by atoms with E-state index in [2.05, 4.69) is 61.4 Å². The van der Waals surface area contributed by atoms with E-state index in [9.17, 15) is 0 Å². The Morgan fingerprint density at radius 2 is 1.90 bits per heavy atom. The number of anilines is 1. The molecule has 112 valence electrons. The number of benzene rings is 2. The molecule has 1 N–H and O–H groups in total. The number of likely N-dealkylation sites (N-methyl/N-ethyl adjacent to an activating group) is 1. The molecule has 21 heavy (non-hydrogen) atoms. The molecule has 0 saturated carbocycles. The Balaban J connectivity index is 1.85. The van der Waals surface area contributed by atoms with Crippen LogP contribution in [0.5, 0.6) is 0 Å². The standard InChI is InChI=1S/C18H23ClN2/c1-14-6-4-9-18(12-14)20-10-11-21(3)15(2)16-7-5-8-17(19)13-16/h4-9,12-13,15,20H,10-11H2,1-3H3. The number of hydrogen-bond acceptors (Lipinski definition) is 2. The van der Waals surface area contributed by atoms with Gasteiger partial charge in [0.25, 0.3) is 0 Å². The number of aryl methyl sites for hydroxylation is 1. The molecular weight excluding hydrogens is 280 g/mol. The van der Waals surface area contributed by atoms with E-state index in [1.807, 2.05) is 18.2 Å². The summed E-state index contributed by atoms with van der Waals surface area (Å²) in [5.41, 5.74) is 3.71. The monoisotopic (exact) mass is 302 g/mol. The Kier molecular flexibility index (Phi) is 5.66. The van der Waals surface area contributed by atoms with Crippen LogP contribution in [0.25, 0.3) is 0 Å². The molecule has 0 aliphatic carbocycles. The molecule has 0 aliphatic rings. The van der Waals surface area contributed by atoms with Gasteiger partial charge in [-0.15, -0.1) is 0 Å². The van der Waals surface area contributed by atoms with Crippen LogP contribution in [0.1, 0.15) is 24.1 Å². The third-order valence-electron chi connectivity index (χ3n) is 3.80. The summed E-state index contributed by atoms with van der Waals surface area (Å²) in [6.07, 6.45) is 0. The van der Waals surface area contributed by atoms with E-state index >= 15 is 0 Å². The highest BCUT2D eigenvalue weighted by atomic mass is 35.5. The van der Waals surface area contributed by atoms with Gasteiger partial charge in [-0.2, -0.15) is 0 Å². The van der Waals surface area contributed by atoms with Crippen LogP contribution in [0.4, 0.5) is 5.69 Å². The van der Waals surface area contributed by atoms with Gasteiger partial charge in [0, 0.05) is 29.8 Å². The van der Waals surface area contributed by atoms with Gasteiger partial charge < -0.3 is 5.32 Å². The predicted molar refractivity (Wildman–Crippen MR) is 92.2 cm³/mol. The molecule has 0 bridgehead atoms. The molecule has 1 atom stereocenters. The number of rotatable bonds is 6. The summed E-state index contributed by atoms with van der Waals surface area (Å²) in [5.74, 6) is 0. The Morgan fingerprint density at radius 3 is 2.62 bits per heavy atom. The molecule has 2 nitrogen and oxygen atoms in total. The van der Waals surface area contributed by atoms with Crippen LogP contribution in [-0.4, -0.2) is 25.0 Å². The van der Waals surface area contributed by atoms with Crippen LogP contribution in [0, 0.1) is 6.92 Å². The van der Waals surface area contributed by atoms with E-state index in [0.717, 1.165) is 18.1 Å². The van der Waals surface area contributed by atoms with Crippen LogP contribution >= 0.6 is 11.6 Å². The molecule has 0 heterocycles. The van der Waals surface area contributed by atoms with E-state index in [-0.39, 0.29) is 0 Å². The number of nitrogens with zero attached hydrogens (tertiary/aromatic N) is 1. The lowest BCUT2D eigenvalue weighted by Crippen LogP contribution is -2.28. The average molecular weight is 303 g/mol. The number of hydrogen-bond donors (Lipinski definition) is 1. The van der Waals surface area contributed by atoms with Crippen molar-refractivity contribution in [1.29, 1.82) is 0 Å². The summed E-state index contributed by atoms with van der Waals surface area (Å²) in [6.45, 7) is 6.21. The van der Waals surface area contributed by atoms with Crippen LogP contribution in [0.15, 0.2) is 48.5 Å². The second-order valence-corrected chi connectivity index (χ2v) is 5.94. The minimum absolute atomic E-state index is 0.350.